The lowest BCUT2D eigenvalue weighted by Crippen LogP contribution is -2.13. The fraction of sp³-hybridized carbons (Fsp3) is 0.667. The molecule has 1 aliphatic rings. The Balaban J connectivity index is 1.95. The van der Waals surface area contributed by atoms with Crippen LogP contribution in [0.4, 0.5) is 0 Å². The summed E-state index contributed by atoms with van der Waals surface area (Å²) < 4.78 is 15.1. The maximum atomic E-state index is 10.8. The summed E-state index contributed by atoms with van der Waals surface area (Å²) >= 11 is 0. The van der Waals surface area contributed by atoms with E-state index in [0.717, 1.165) is 0 Å². The minimum Gasteiger partial charge on any atom is -0.382 e. The Morgan fingerprint density at radius 2 is 2.38 bits per heavy atom. The van der Waals surface area contributed by atoms with Crippen molar-refractivity contribution in [3.05, 3.63) is 12.2 Å². The topological polar surface area (TPSA) is 44.8 Å². The Hall–Kier alpha value is -0.710. The molecule has 4 heteroatoms. The van der Waals surface area contributed by atoms with E-state index in [2.05, 4.69) is 0 Å². The standard InChI is InChI=1S/C9H14O4/c1-11-4-5-12-7-13-9-3-2-8(10)6-9/h2-3,9H,4-7H2,1H3/t9-/m1/s1. The predicted octanol–water partition coefficient (Wildman–Crippen LogP) is 0.521. The third-order valence-corrected chi connectivity index (χ3v) is 1.70. The van der Waals surface area contributed by atoms with Crippen LogP contribution in [-0.2, 0) is 19.0 Å². The van der Waals surface area contributed by atoms with E-state index in [1.165, 1.54) is 0 Å². The van der Waals surface area contributed by atoms with Crippen LogP contribution in [0.25, 0.3) is 0 Å². The first-order valence-electron chi connectivity index (χ1n) is 4.22. The molecule has 0 saturated carbocycles. The van der Waals surface area contributed by atoms with Crippen LogP contribution in [0.5, 0.6) is 0 Å². The first-order chi connectivity index (χ1) is 6.33. The molecule has 0 spiro atoms. The Labute approximate surface area is 77.5 Å². The molecule has 1 rings (SSSR count). The molecular formula is C9H14O4. The minimum atomic E-state index is -0.102. The Morgan fingerprint density at radius 1 is 1.54 bits per heavy atom. The van der Waals surface area contributed by atoms with Gasteiger partial charge in [0.25, 0.3) is 0 Å². The molecule has 0 aromatic carbocycles. The predicted molar refractivity (Wildman–Crippen MR) is 46.3 cm³/mol. The van der Waals surface area contributed by atoms with Crippen molar-refractivity contribution in [3.8, 4) is 0 Å². The third-order valence-electron chi connectivity index (χ3n) is 1.70. The summed E-state index contributed by atoms with van der Waals surface area (Å²) in [7, 11) is 1.61. The van der Waals surface area contributed by atoms with Crippen molar-refractivity contribution in [3.63, 3.8) is 0 Å². The molecule has 74 valence electrons. The molecule has 0 heterocycles. The molecule has 0 unspecified atom stereocenters. The lowest BCUT2D eigenvalue weighted by molar-refractivity contribution is -0.118. The van der Waals surface area contributed by atoms with Gasteiger partial charge in [0.15, 0.2) is 5.78 Å². The summed E-state index contributed by atoms with van der Waals surface area (Å²) in [6, 6.07) is 0. The normalized spacial score (nSPS) is 21.3. The Morgan fingerprint density at radius 3 is 3.00 bits per heavy atom. The van der Waals surface area contributed by atoms with Crippen LogP contribution in [0.1, 0.15) is 6.42 Å². The van der Waals surface area contributed by atoms with E-state index in [-0.39, 0.29) is 18.7 Å². The third kappa shape index (κ3) is 4.17. The summed E-state index contributed by atoms with van der Waals surface area (Å²) in [4.78, 5) is 10.8. The molecular weight excluding hydrogens is 172 g/mol. The molecule has 0 aromatic rings. The van der Waals surface area contributed by atoms with Crippen LogP contribution in [0.2, 0.25) is 0 Å². The number of ether oxygens (including phenoxy) is 3. The van der Waals surface area contributed by atoms with Gasteiger partial charge in [0.2, 0.25) is 0 Å². The molecule has 0 aromatic heterocycles. The zero-order chi connectivity index (χ0) is 9.52. The highest BCUT2D eigenvalue weighted by Crippen LogP contribution is 2.09. The molecule has 0 N–H and O–H groups in total. The van der Waals surface area contributed by atoms with E-state index in [9.17, 15) is 4.79 Å². The largest absolute Gasteiger partial charge is 0.382 e. The monoisotopic (exact) mass is 186 g/mol. The van der Waals surface area contributed by atoms with Crippen LogP contribution in [0.15, 0.2) is 12.2 Å². The molecule has 13 heavy (non-hydrogen) atoms. The molecule has 0 amide bonds. The van der Waals surface area contributed by atoms with Gasteiger partial charge in [-0.15, -0.1) is 0 Å². The van der Waals surface area contributed by atoms with Crippen LogP contribution < -0.4 is 0 Å². The van der Waals surface area contributed by atoms with Gasteiger partial charge in [0, 0.05) is 13.5 Å². The lowest BCUT2D eigenvalue weighted by Gasteiger charge is -2.08. The average Bonchev–Trinajstić information content (AvgIpc) is 2.51. The van der Waals surface area contributed by atoms with Crippen LogP contribution in [0.3, 0.4) is 0 Å². The fourth-order valence-corrected chi connectivity index (χ4v) is 1.00. The van der Waals surface area contributed by atoms with Gasteiger partial charge < -0.3 is 14.2 Å². The van der Waals surface area contributed by atoms with Gasteiger partial charge in [-0.2, -0.15) is 0 Å². The number of allylic oxidation sites excluding steroid dienone is 1. The first kappa shape index (κ1) is 10.4. The second kappa shape index (κ2) is 5.85. The van der Waals surface area contributed by atoms with Crippen molar-refractivity contribution >= 4 is 5.78 Å². The van der Waals surface area contributed by atoms with Crippen molar-refractivity contribution in [2.75, 3.05) is 27.1 Å². The van der Waals surface area contributed by atoms with E-state index in [1.54, 1.807) is 19.3 Å². The number of rotatable bonds is 6. The lowest BCUT2D eigenvalue weighted by atomic mass is 10.3. The van der Waals surface area contributed by atoms with Gasteiger partial charge >= 0.3 is 0 Å². The van der Waals surface area contributed by atoms with Gasteiger partial charge in [0.05, 0.1) is 19.3 Å². The molecule has 0 saturated heterocycles. The summed E-state index contributed by atoms with van der Waals surface area (Å²) in [5, 5.41) is 0. The highest BCUT2D eigenvalue weighted by molar-refractivity contribution is 5.92. The van der Waals surface area contributed by atoms with E-state index >= 15 is 0 Å². The van der Waals surface area contributed by atoms with Crippen molar-refractivity contribution < 1.29 is 19.0 Å². The molecule has 0 radical (unpaired) electrons. The fourth-order valence-electron chi connectivity index (χ4n) is 1.00. The maximum absolute atomic E-state index is 10.8. The van der Waals surface area contributed by atoms with Crippen molar-refractivity contribution in [1.29, 1.82) is 0 Å². The zero-order valence-electron chi connectivity index (χ0n) is 7.69. The van der Waals surface area contributed by atoms with E-state index in [4.69, 9.17) is 14.2 Å². The summed E-state index contributed by atoms with van der Waals surface area (Å²) in [5.74, 6) is 0.113. The minimum absolute atomic E-state index is 0.102. The number of ketones is 1. The molecule has 0 fully saturated rings. The van der Waals surface area contributed by atoms with Gasteiger partial charge in [-0.25, -0.2) is 0 Å². The van der Waals surface area contributed by atoms with E-state index in [0.29, 0.717) is 19.6 Å². The van der Waals surface area contributed by atoms with Gasteiger partial charge in [-0.3, -0.25) is 4.79 Å². The van der Waals surface area contributed by atoms with Gasteiger partial charge in [0.1, 0.15) is 6.79 Å². The maximum Gasteiger partial charge on any atom is 0.158 e. The number of carbonyl (C=O) groups excluding carboxylic acids is 1. The molecule has 4 nitrogen and oxygen atoms in total. The van der Waals surface area contributed by atoms with Crippen molar-refractivity contribution in [2.24, 2.45) is 0 Å². The van der Waals surface area contributed by atoms with Crippen LogP contribution in [-0.4, -0.2) is 39.0 Å². The average molecular weight is 186 g/mol. The van der Waals surface area contributed by atoms with Crippen LogP contribution in [0, 0.1) is 0 Å². The van der Waals surface area contributed by atoms with Crippen LogP contribution >= 0.6 is 0 Å². The van der Waals surface area contributed by atoms with Gasteiger partial charge in [-0.1, -0.05) is 6.08 Å². The SMILES string of the molecule is COCCOCO[C@@H]1C=CC(=O)C1. The number of hydrogen-bond donors (Lipinski definition) is 0. The highest BCUT2D eigenvalue weighted by atomic mass is 16.7. The summed E-state index contributed by atoms with van der Waals surface area (Å²) in [6.45, 7) is 1.29. The number of methoxy groups -OCH3 is 1. The quantitative estimate of drug-likeness (QED) is 0.448. The zero-order valence-corrected chi connectivity index (χ0v) is 7.69. The van der Waals surface area contributed by atoms with Crippen molar-refractivity contribution in [1.82, 2.24) is 0 Å². The van der Waals surface area contributed by atoms with E-state index in [1.807, 2.05) is 0 Å². The molecule has 0 bridgehead atoms. The number of carbonyl (C=O) groups is 1. The second-order valence-corrected chi connectivity index (χ2v) is 2.75. The summed E-state index contributed by atoms with van der Waals surface area (Å²) in [6.07, 6.45) is 3.63. The number of hydrogen-bond acceptors (Lipinski definition) is 4. The van der Waals surface area contributed by atoms with Gasteiger partial charge in [-0.05, 0) is 6.08 Å². The Kier molecular flexibility index (Phi) is 4.67. The second-order valence-electron chi connectivity index (χ2n) is 2.75. The Bertz CT molecular complexity index is 188. The molecule has 0 aliphatic heterocycles. The first-order valence-corrected chi connectivity index (χ1v) is 4.22. The highest BCUT2D eigenvalue weighted by Gasteiger charge is 2.15. The van der Waals surface area contributed by atoms with E-state index < -0.39 is 0 Å². The summed E-state index contributed by atoms with van der Waals surface area (Å²) in [5.41, 5.74) is 0. The molecule has 1 atom stereocenters. The van der Waals surface area contributed by atoms with Crippen molar-refractivity contribution in [2.45, 2.75) is 12.5 Å². The smallest absolute Gasteiger partial charge is 0.158 e. The molecule has 1 aliphatic carbocycles.